The van der Waals surface area contributed by atoms with Crippen molar-refractivity contribution in [1.82, 2.24) is 0 Å². The fourth-order valence-corrected chi connectivity index (χ4v) is 2.00. The summed E-state index contributed by atoms with van der Waals surface area (Å²) in [7, 11) is 0. The number of nitrogens with zero attached hydrogens (tertiary/aromatic N) is 1. The van der Waals surface area contributed by atoms with Gasteiger partial charge in [0.15, 0.2) is 0 Å². The Morgan fingerprint density at radius 3 is 2.89 bits per heavy atom. The molecule has 0 amide bonds. The molecular formula is C13H17BrN2O2. The van der Waals surface area contributed by atoms with Crippen molar-refractivity contribution in [3.63, 3.8) is 0 Å². The maximum atomic E-state index is 8.57. The monoisotopic (exact) mass is 312 g/mol. The maximum absolute atomic E-state index is 8.57. The molecule has 0 heterocycles. The minimum Gasteiger partial charge on any atom is -0.490 e. The zero-order valence-corrected chi connectivity index (χ0v) is 11.9. The van der Waals surface area contributed by atoms with Gasteiger partial charge >= 0.3 is 0 Å². The number of benzene rings is 1. The second kappa shape index (κ2) is 8.09. The molecule has 0 aliphatic carbocycles. The summed E-state index contributed by atoms with van der Waals surface area (Å²) in [4.78, 5) is 0. The van der Waals surface area contributed by atoms with Crippen LogP contribution >= 0.6 is 15.9 Å². The van der Waals surface area contributed by atoms with Gasteiger partial charge in [0.05, 0.1) is 17.1 Å². The van der Waals surface area contributed by atoms with Gasteiger partial charge in [-0.15, -0.1) is 0 Å². The minimum absolute atomic E-state index is 0.387. The summed E-state index contributed by atoms with van der Waals surface area (Å²) in [6.45, 7) is 3.08. The molecule has 98 valence electrons. The molecule has 0 fully saturated rings. The van der Waals surface area contributed by atoms with E-state index in [-0.39, 0.29) is 0 Å². The molecule has 1 atom stereocenters. The molecule has 2 N–H and O–H groups in total. The molecule has 0 radical (unpaired) electrons. The van der Waals surface area contributed by atoms with Crippen molar-refractivity contribution in [3.05, 3.63) is 28.2 Å². The van der Waals surface area contributed by atoms with Gasteiger partial charge < -0.3 is 15.2 Å². The first-order valence-corrected chi connectivity index (χ1v) is 6.59. The molecule has 1 unspecified atom stereocenters. The maximum Gasteiger partial charge on any atom is 0.141 e. The van der Waals surface area contributed by atoms with Crippen molar-refractivity contribution in [1.29, 1.82) is 5.26 Å². The van der Waals surface area contributed by atoms with E-state index in [1.165, 1.54) is 0 Å². The first kappa shape index (κ1) is 15.0. The van der Waals surface area contributed by atoms with Crippen molar-refractivity contribution in [2.45, 2.75) is 19.4 Å². The summed E-state index contributed by atoms with van der Waals surface area (Å²) in [5.41, 5.74) is 6.63. The number of rotatable bonds is 7. The van der Waals surface area contributed by atoms with Gasteiger partial charge in [-0.1, -0.05) is 12.1 Å². The smallest absolute Gasteiger partial charge is 0.141 e. The van der Waals surface area contributed by atoms with Crippen molar-refractivity contribution in [2.75, 3.05) is 19.8 Å². The number of halogens is 1. The lowest BCUT2D eigenvalue weighted by Crippen LogP contribution is -2.13. The lowest BCUT2D eigenvalue weighted by Gasteiger charge is -2.13. The molecule has 0 saturated heterocycles. The van der Waals surface area contributed by atoms with Crippen LogP contribution in [0, 0.1) is 11.3 Å². The van der Waals surface area contributed by atoms with Crippen LogP contribution in [-0.2, 0) is 11.2 Å². The third kappa shape index (κ3) is 4.65. The Kier molecular flexibility index (Phi) is 6.73. The highest BCUT2D eigenvalue weighted by Gasteiger charge is 2.07. The predicted molar refractivity (Wildman–Crippen MR) is 73.4 cm³/mol. The summed E-state index contributed by atoms with van der Waals surface area (Å²) in [6.07, 6.45) is 0.362. The molecule has 1 aromatic rings. The zero-order chi connectivity index (χ0) is 13.4. The third-order valence-corrected chi connectivity index (χ3v) is 2.97. The Morgan fingerprint density at radius 1 is 1.44 bits per heavy atom. The van der Waals surface area contributed by atoms with Crippen LogP contribution in [0.1, 0.15) is 12.5 Å². The average Bonchev–Trinajstić information content (AvgIpc) is 2.37. The van der Waals surface area contributed by atoms with Gasteiger partial charge in [-0.2, -0.15) is 5.26 Å². The lowest BCUT2D eigenvalue weighted by atomic mass is 10.1. The molecule has 0 aromatic heterocycles. The van der Waals surface area contributed by atoms with Gasteiger partial charge in [0.2, 0.25) is 0 Å². The molecule has 18 heavy (non-hydrogen) atoms. The van der Waals surface area contributed by atoms with E-state index >= 15 is 0 Å². The van der Waals surface area contributed by atoms with Crippen LogP contribution in [0.15, 0.2) is 22.7 Å². The van der Waals surface area contributed by atoms with E-state index in [0.29, 0.717) is 19.8 Å². The summed E-state index contributed by atoms with van der Waals surface area (Å²) in [5, 5.41) is 8.57. The standard InChI is InChI=1S/C13H17BrN2O2/c1-10(9-16)17-7-8-18-13-11(5-6-15)3-2-4-12(13)14/h2-4,10H,5-8,15H2,1H3. The van der Waals surface area contributed by atoms with E-state index in [0.717, 1.165) is 22.2 Å². The molecule has 0 bridgehead atoms. The molecule has 4 nitrogen and oxygen atoms in total. The normalized spacial score (nSPS) is 11.9. The zero-order valence-electron chi connectivity index (χ0n) is 10.4. The average molecular weight is 313 g/mol. The fraction of sp³-hybridized carbons (Fsp3) is 0.462. The van der Waals surface area contributed by atoms with Gasteiger partial charge in [0, 0.05) is 0 Å². The molecule has 1 aromatic carbocycles. The van der Waals surface area contributed by atoms with Gasteiger partial charge in [0.1, 0.15) is 18.5 Å². The molecule has 5 heteroatoms. The van der Waals surface area contributed by atoms with E-state index in [1.807, 2.05) is 24.3 Å². The van der Waals surface area contributed by atoms with Crippen LogP contribution in [0.25, 0.3) is 0 Å². The Labute approximate surface area is 116 Å². The second-order valence-corrected chi connectivity index (χ2v) is 4.61. The number of nitriles is 1. The van der Waals surface area contributed by atoms with Gasteiger partial charge in [-0.25, -0.2) is 0 Å². The van der Waals surface area contributed by atoms with Crippen molar-refractivity contribution in [3.8, 4) is 11.8 Å². The van der Waals surface area contributed by atoms with Crippen molar-refractivity contribution < 1.29 is 9.47 Å². The number of para-hydroxylation sites is 1. The van der Waals surface area contributed by atoms with Crippen molar-refractivity contribution in [2.24, 2.45) is 5.73 Å². The first-order chi connectivity index (χ1) is 8.69. The van der Waals surface area contributed by atoms with Gasteiger partial charge in [0.25, 0.3) is 0 Å². The van der Waals surface area contributed by atoms with Crippen LogP contribution in [0.2, 0.25) is 0 Å². The topological polar surface area (TPSA) is 68.3 Å². The van der Waals surface area contributed by atoms with Crippen molar-refractivity contribution >= 4 is 15.9 Å². The number of nitrogens with two attached hydrogens (primary N) is 1. The SMILES string of the molecule is CC(C#N)OCCOc1c(Br)cccc1CCN. The van der Waals surface area contributed by atoms with Crippen LogP contribution in [0.5, 0.6) is 5.75 Å². The molecule has 0 saturated carbocycles. The Bertz CT molecular complexity index is 418. The lowest BCUT2D eigenvalue weighted by molar-refractivity contribution is 0.0739. The Balaban J connectivity index is 2.53. The molecule has 0 spiro atoms. The highest BCUT2D eigenvalue weighted by Crippen LogP contribution is 2.29. The summed E-state index contributed by atoms with van der Waals surface area (Å²) in [6, 6.07) is 7.87. The summed E-state index contributed by atoms with van der Waals surface area (Å²) >= 11 is 3.45. The fourth-order valence-electron chi connectivity index (χ4n) is 1.47. The van der Waals surface area contributed by atoms with Gasteiger partial charge in [-0.05, 0) is 47.4 Å². The largest absolute Gasteiger partial charge is 0.490 e. The van der Waals surface area contributed by atoms with Crippen LogP contribution in [0.4, 0.5) is 0 Å². The second-order valence-electron chi connectivity index (χ2n) is 3.76. The quantitative estimate of drug-likeness (QED) is 0.784. The van der Waals surface area contributed by atoms with Crippen LogP contribution < -0.4 is 10.5 Å². The molecule has 1 rings (SSSR count). The van der Waals surface area contributed by atoms with Gasteiger partial charge in [-0.3, -0.25) is 0 Å². The third-order valence-electron chi connectivity index (χ3n) is 2.34. The Morgan fingerprint density at radius 2 is 2.22 bits per heavy atom. The molecule has 0 aliphatic heterocycles. The minimum atomic E-state index is -0.406. The van der Waals surface area contributed by atoms with E-state index in [1.54, 1.807) is 6.92 Å². The van der Waals surface area contributed by atoms with E-state index < -0.39 is 6.10 Å². The van der Waals surface area contributed by atoms with E-state index in [2.05, 4.69) is 15.9 Å². The number of hydrogen-bond acceptors (Lipinski definition) is 4. The van der Waals surface area contributed by atoms with E-state index in [4.69, 9.17) is 20.5 Å². The number of hydrogen-bond donors (Lipinski definition) is 1. The highest BCUT2D eigenvalue weighted by atomic mass is 79.9. The number of ether oxygens (including phenoxy) is 2. The summed E-state index contributed by atoms with van der Waals surface area (Å²) in [5.74, 6) is 0.802. The van der Waals surface area contributed by atoms with Crippen LogP contribution in [0.3, 0.4) is 0 Å². The van der Waals surface area contributed by atoms with E-state index in [9.17, 15) is 0 Å². The summed E-state index contributed by atoms with van der Waals surface area (Å²) < 4.78 is 11.8. The molecular weight excluding hydrogens is 296 g/mol. The van der Waals surface area contributed by atoms with Crippen LogP contribution in [-0.4, -0.2) is 25.9 Å². The predicted octanol–water partition coefficient (Wildman–Crippen LogP) is 2.26. The first-order valence-electron chi connectivity index (χ1n) is 5.80. The molecule has 0 aliphatic rings. The Hall–Kier alpha value is -1.09. The highest BCUT2D eigenvalue weighted by molar-refractivity contribution is 9.10.